The third-order valence-corrected chi connectivity index (χ3v) is 5.08. The summed E-state index contributed by atoms with van der Waals surface area (Å²) in [5, 5.41) is 14.1. The molecule has 0 aliphatic rings. The Morgan fingerprint density at radius 1 is 1.04 bits per heavy atom. The van der Waals surface area contributed by atoms with Gasteiger partial charge < -0.3 is 4.74 Å². The van der Waals surface area contributed by atoms with Crippen LogP contribution in [-0.4, -0.2) is 26.9 Å². The molecule has 114 valence electrons. The molecule has 0 saturated heterocycles. The highest BCUT2D eigenvalue weighted by atomic mass is 79.9. The minimum Gasteiger partial charge on any atom is -0.497 e. The monoisotopic (exact) mass is 386 g/mol. The summed E-state index contributed by atoms with van der Waals surface area (Å²) in [4.78, 5) is 0.765. The molecule has 4 rings (SSSR count). The number of methoxy groups -OCH3 is 1. The van der Waals surface area contributed by atoms with Gasteiger partial charge in [-0.2, -0.15) is 9.61 Å². The third-order valence-electron chi connectivity index (χ3n) is 3.44. The van der Waals surface area contributed by atoms with Crippen LogP contribution < -0.4 is 4.74 Å². The molecule has 23 heavy (non-hydrogen) atoms. The van der Waals surface area contributed by atoms with Crippen molar-refractivity contribution in [3.63, 3.8) is 0 Å². The van der Waals surface area contributed by atoms with Gasteiger partial charge in [0.05, 0.1) is 7.11 Å². The normalized spacial score (nSPS) is 11.0. The Kier molecular flexibility index (Phi) is 3.59. The summed E-state index contributed by atoms with van der Waals surface area (Å²) in [6, 6.07) is 15.7. The molecule has 0 unspecified atom stereocenters. The summed E-state index contributed by atoms with van der Waals surface area (Å²) < 4.78 is 7.94. The number of aromatic nitrogens is 4. The van der Waals surface area contributed by atoms with E-state index in [1.165, 1.54) is 11.3 Å². The van der Waals surface area contributed by atoms with E-state index in [4.69, 9.17) is 4.74 Å². The molecular weight excluding hydrogens is 376 g/mol. The van der Waals surface area contributed by atoms with Gasteiger partial charge in [0, 0.05) is 15.6 Å². The highest BCUT2D eigenvalue weighted by molar-refractivity contribution is 9.10. The molecule has 2 aromatic carbocycles. The first-order valence-corrected chi connectivity index (χ1v) is 8.49. The van der Waals surface area contributed by atoms with Crippen molar-refractivity contribution >= 4 is 32.2 Å². The molecule has 0 N–H and O–H groups in total. The maximum Gasteiger partial charge on any atom is 0.235 e. The van der Waals surface area contributed by atoms with Gasteiger partial charge in [0.1, 0.15) is 10.8 Å². The molecule has 2 aromatic heterocycles. The standard InChI is InChI=1S/C16H11BrN4OS/c1-22-11-8-6-10(7-9-11)15-20-21-14(18-19-16(21)23-15)12-4-2-3-5-13(12)17/h2-9H,1H3. The minimum atomic E-state index is 0.725. The number of fused-ring (bicyclic) bond motifs is 1. The number of hydrogen-bond donors (Lipinski definition) is 0. The molecule has 0 spiro atoms. The van der Waals surface area contributed by atoms with Gasteiger partial charge in [-0.25, -0.2) is 0 Å². The molecule has 2 heterocycles. The van der Waals surface area contributed by atoms with Gasteiger partial charge in [-0.05, 0) is 36.4 Å². The molecule has 0 aliphatic heterocycles. The van der Waals surface area contributed by atoms with Gasteiger partial charge in [0.2, 0.25) is 4.96 Å². The van der Waals surface area contributed by atoms with Crippen molar-refractivity contribution < 1.29 is 4.74 Å². The molecule has 0 bridgehead atoms. The first-order chi connectivity index (χ1) is 11.3. The Labute approximate surface area is 144 Å². The van der Waals surface area contributed by atoms with E-state index < -0.39 is 0 Å². The number of rotatable bonds is 3. The van der Waals surface area contributed by atoms with Gasteiger partial charge in [-0.1, -0.05) is 39.4 Å². The largest absolute Gasteiger partial charge is 0.497 e. The lowest BCUT2D eigenvalue weighted by Crippen LogP contribution is -1.91. The lowest BCUT2D eigenvalue weighted by Gasteiger charge is -2.01. The van der Waals surface area contributed by atoms with Crippen LogP contribution in [0.15, 0.2) is 53.0 Å². The van der Waals surface area contributed by atoms with Crippen LogP contribution in [0.2, 0.25) is 0 Å². The van der Waals surface area contributed by atoms with Crippen LogP contribution in [-0.2, 0) is 0 Å². The lowest BCUT2D eigenvalue weighted by atomic mass is 10.2. The van der Waals surface area contributed by atoms with Gasteiger partial charge in [0.15, 0.2) is 5.82 Å². The van der Waals surface area contributed by atoms with Crippen LogP contribution >= 0.6 is 27.3 Å². The second-order valence-corrected chi connectivity index (χ2v) is 6.64. The van der Waals surface area contributed by atoms with Crippen LogP contribution in [0.5, 0.6) is 5.75 Å². The Balaban J connectivity index is 1.81. The molecule has 0 fully saturated rings. The minimum absolute atomic E-state index is 0.725. The predicted molar refractivity (Wildman–Crippen MR) is 93.8 cm³/mol. The summed E-state index contributed by atoms with van der Waals surface area (Å²) in [7, 11) is 1.65. The third kappa shape index (κ3) is 2.51. The average molecular weight is 387 g/mol. The fourth-order valence-corrected chi connectivity index (χ4v) is 3.58. The number of ether oxygens (including phenoxy) is 1. The van der Waals surface area contributed by atoms with E-state index in [1.807, 2.05) is 48.5 Å². The van der Waals surface area contributed by atoms with Crippen LogP contribution in [0.4, 0.5) is 0 Å². The molecule has 0 amide bonds. The van der Waals surface area contributed by atoms with Crippen molar-refractivity contribution in [1.29, 1.82) is 0 Å². The van der Waals surface area contributed by atoms with Gasteiger partial charge >= 0.3 is 0 Å². The van der Waals surface area contributed by atoms with Crippen LogP contribution in [0.25, 0.3) is 26.9 Å². The van der Waals surface area contributed by atoms with Gasteiger partial charge in [-0.3, -0.25) is 0 Å². The van der Waals surface area contributed by atoms with E-state index in [9.17, 15) is 0 Å². The van der Waals surface area contributed by atoms with Gasteiger partial charge in [-0.15, -0.1) is 10.2 Å². The second-order valence-electron chi connectivity index (χ2n) is 4.83. The fourth-order valence-electron chi connectivity index (χ4n) is 2.28. The average Bonchev–Trinajstić information content (AvgIpc) is 3.16. The highest BCUT2D eigenvalue weighted by Crippen LogP contribution is 2.31. The fraction of sp³-hybridized carbons (Fsp3) is 0.0625. The van der Waals surface area contributed by atoms with Crippen molar-refractivity contribution in [2.45, 2.75) is 0 Å². The van der Waals surface area contributed by atoms with Crippen molar-refractivity contribution in [3.8, 4) is 27.7 Å². The Hall–Kier alpha value is -2.25. The molecule has 0 radical (unpaired) electrons. The maximum absolute atomic E-state index is 5.19. The van der Waals surface area contributed by atoms with E-state index in [0.717, 1.165) is 37.1 Å². The topological polar surface area (TPSA) is 52.3 Å². The summed E-state index contributed by atoms with van der Waals surface area (Å²) in [6.07, 6.45) is 0. The second kappa shape index (κ2) is 5.75. The summed E-state index contributed by atoms with van der Waals surface area (Å²) in [5.74, 6) is 1.55. The molecule has 0 saturated carbocycles. The number of halogens is 1. The van der Waals surface area contributed by atoms with Crippen LogP contribution in [0, 0.1) is 0 Å². The maximum atomic E-state index is 5.19. The first kappa shape index (κ1) is 14.3. The Bertz CT molecular complexity index is 977. The molecular formula is C16H11BrN4OS. The molecule has 4 aromatic rings. The van der Waals surface area contributed by atoms with E-state index in [1.54, 1.807) is 11.6 Å². The molecule has 0 atom stereocenters. The van der Waals surface area contributed by atoms with Crippen LogP contribution in [0.1, 0.15) is 0 Å². The van der Waals surface area contributed by atoms with Crippen molar-refractivity contribution in [2.75, 3.05) is 7.11 Å². The zero-order valence-electron chi connectivity index (χ0n) is 12.1. The zero-order valence-corrected chi connectivity index (χ0v) is 14.5. The molecule has 5 nitrogen and oxygen atoms in total. The Morgan fingerprint density at radius 2 is 1.83 bits per heavy atom. The van der Waals surface area contributed by atoms with E-state index in [2.05, 4.69) is 31.2 Å². The number of hydrogen-bond acceptors (Lipinski definition) is 5. The quantitative estimate of drug-likeness (QED) is 0.526. The van der Waals surface area contributed by atoms with E-state index in [-0.39, 0.29) is 0 Å². The van der Waals surface area contributed by atoms with E-state index in [0.29, 0.717) is 0 Å². The SMILES string of the molecule is COc1ccc(-c2nn3c(-c4ccccc4Br)nnc3s2)cc1. The smallest absolute Gasteiger partial charge is 0.235 e. The lowest BCUT2D eigenvalue weighted by molar-refractivity contribution is 0.415. The van der Waals surface area contributed by atoms with Crippen molar-refractivity contribution in [3.05, 3.63) is 53.0 Å². The Morgan fingerprint density at radius 3 is 2.57 bits per heavy atom. The van der Waals surface area contributed by atoms with Crippen molar-refractivity contribution in [1.82, 2.24) is 19.8 Å². The molecule has 0 aliphatic carbocycles. The summed E-state index contributed by atoms with van der Waals surface area (Å²) in [6.45, 7) is 0. The molecule has 7 heteroatoms. The predicted octanol–water partition coefficient (Wildman–Crippen LogP) is 4.29. The number of benzene rings is 2. The van der Waals surface area contributed by atoms with Crippen LogP contribution in [0.3, 0.4) is 0 Å². The van der Waals surface area contributed by atoms with Gasteiger partial charge in [0.25, 0.3) is 0 Å². The number of nitrogens with zero attached hydrogens (tertiary/aromatic N) is 4. The highest BCUT2D eigenvalue weighted by Gasteiger charge is 2.16. The zero-order chi connectivity index (χ0) is 15.8. The van der Waals surface area contributed by atoms with E-state index >= 15 is 0 Å². The summed E-state index contributed by atoms with van der Waals surface area (Å²) in [5.41, 5.74) is 1.99. The summed E-state index contributed by atoms with van der Waals surface area (Å²) >= 11 is 5.06. The van der Waals surface area contributed by atoms with Crippen molar-refractivity contribution in [2.24, 2.45) is 0 Å². The first-order valence-electron chi connectivity index (χ1n) is 6.88.